The molecule has 1 heterocycles. The summed E-state index contributed by atoms with van der Waals surface area (Å²) in [5, 5.41) is 11.9. The Labute approximate surface area is 112 Å². The molecule has 2 N–H and O–H groups in total. The average molecular weight is 253 g/mol. The maximum atomic E-state index is 11.9. The Morgan fingerprint density at radius 3 is 2.68 bits per heavy atom. The van der Waals surface area contributed by atoms with E-state index in [1.807, 2.05) is 42.6 Å². The van der Waals surface area contributed by atoms with E-state index < -0.39 is 5.92 Å². The molecule has 1 unspecified atom stereocenters. The molecule has 0 bridgehead atoms. The smallest absolute Gasteiger partial charge is 0.237 e. The molecule has 1 aromatic heterocycles. The number of aromatic nitrogens is 1. The Kier molecular flexibility index (Phi) is 4.35. The molecule has 0 aliphatic heterocycles. The molecule has 1 amide bonds. The van der Waals surface area contributed by atoms with Gasteiger partial charge in [-0.05, 0) is 23.6 Å². The summed E-state index contributed by atoms with van der Waals surface area (Å²) in [4.78, 5) is 14.9. The second-order valence-corrected chi connectivity index (χ2v) is 4.31. The fourth-order valence-electron chi connectivity index (χ4n) is 1.83. The predicted molar refractivity (Wildman–Crippen MR) is 71.9 cm³/mol. The first-order valence-electron chi connectivity index (χ1n) is 6.12. The van der Waals surface area contributed by atoms with Crippen molar-refractivity contribution in [3.05, 3.63) is 59.9 Å². The standard InChI is InChI=1S/C15H15N3O/c16-9-14(8-12-4-2-1-3-5-12)15(19)18-11-13-6-7-17-10-13/h1-7,10,14,17H,8,11H2,(H,18,19). The van der Waals surface area contributed by atoms with Crippen molar-refractivity contribution in [2.45, 2.75) is 13.0 Å². The third kappa shape index (κ3) is 3.71. The summed E-state index contributed by atoms with van der Waals surface area (Å²) in [5.74, 6) is -0.881. The highest BCUT2D eigenvalue weighted by Gasteiger charge is 2.17. The van der Waals surface area contributed by atoms with E-state index in [2.05, 4.69) is 16.4 Å². The van der Waals surface area contributed by atoms with E-state index >= 15 is 0 Å². The highest BCUT2D eigenvalue weighted by atomic mass is 16.1. The first-order valence-corrected chi connectivity index (χ1v) is 6.12. The zero-order valence-electron chi connectivity index (χ0n) is 10.5. The van der Waals surface area contributed by atoms with Gasteiger partial charge in [0.05, 0.1) is 6.07 Å². The summed E-state index contributed by atoms with van der Waals surface area (Å²) >= 11 is 0. The first kappa shape index (κ1) is 12.9. The van der Waals surface area contributed by atoms with E-state index in [0.717, 1.165) is 11.1 Å². The molecule has 0 aliphatic rings. The number of benzene rings is 1. The minimum absolute atomic E-state index is 0.229. The van der Waals surface area contributed by atoms with Gasteiger partial charge in [-0.3, -0.25) is 4.79 Å². The molecule has 19 heavy (non-hydrogen) atoms. The van der Waals surface area contributed by atoms with Crippen LogP contribution in [-0.2, 0) is 17.8 Å². The lowest BCUT2D eigenvalue weighted by atomic mass is 10.00. The van der Waals surface area contributed by atoms with Crippen LogP contribution in [0.5, 0.6) is 0 Å². The summed E-state index contributed by atoms with van der Waals surface area (Å²) in [5.41, 5.74) is 1.98. The molecule has 96 valence electrons. The van der Waals surface area contributed by atoms with Crippen LogP contribution in [-0.4, -0.2) is 10.9 Å². The molecule has 0 saturated carbocycles. The first-order chi connectivity index (χ1) is 9.29. The lowest BCUT2D eigenvalue weighted by Gasteiger charge is -2.09. The van der Waals surface area contributed by atoms with Crippen molar-refractivity contribution in [3.8, 4) is 6.07 Å². The van der Waals surface area contributed by atoms with Crippen LogP contribution in [0.3, 0.4) is 0 Å². The van der Waals surface area contributed by atoms with Crippen LogP contribution in [0.2, 0.25) is 0 Å². The zero-order valence-corrected chi connectivity index (χ0v) is 10.5. The number of amides is 1. The van der Waals surface area contributed by atoms with Gasteiger partial charge in [-0.25, -0.2) is 0 Å². The summed E-state index contributed by atoms with van der Waals surface area (Å²) in [6, 6.07) is 13.5. The summed E-state index contributed by atoms with van der Waals surface area (Å²) in [6.07, 6.45) is 4.06. The van der Waals surface area contributed by atoms with Gasteiger partial charge < -0.3 is 10.3 Å². The monoisotopic (exact) mass is 253 g/mol. The van der Waals surface area contributed by atoms with Crippen molar-refractivity contribution in [1.82, 2.24) is 10.3 Å². The van der Waals surface area contributed by atoms with Crippen LogP contribution in [0, 0.1) is 17.2 Å². The van der Waals surface area contributed by atoms with E-state index in [9.17, 15) is 4.79 Å². The topological polar surface area (TPSA) is 68.7 Å². The molecule has 0 fully saturated rings. The highest BCUT2D eigenvalue weighted by Crippen LogP contribution is 2.08. The number of aromatic amines is 1. The minimum Gasteiger partial charge on any atom is -0.367 e. The molecule has 2 aromatic rings. The maximum absolute atomic E-state index is 11.9. The fraction of sp³-hybridized carbons (Fsp3) is 0.200. The molecule has 0 saturated heterocycles. The van der Waals surface area contributed by atoms with Gasteiger partial charge in [0, 0.05) is 18.9 Å². The van der Waals surface area contributed by atoms with Gasteiger partial charge in [0.25, 0.3) is 0 Å². The van der Waals surface area contributed by atoms with Crippen molar-refractivity contribution in [2.75, 3.05) is 0 Å². The van der Waals surface area contributed by atoms with Crippen molar-refractivity contribution in [1.29, 1.82) is 5.26 Å². The molecule has 0 radical (unpaired) electrons. The van der Waals surface area contributed by atoms with E-state index in [1.165, 1.54) is 0 Å². The van der Waals surface area contributed by atoms with Crippen LogP contribution in [0.25, 0.3) is 0 Å². The number of nitrogens with one attached hydrogen (secondary N) is 2. The number of hydrogen-bond acceptors (Lipinski definition) is 2. The van der Waals surface area contributed by atoms with Crippen molar-refractivity contribution >= 4 is 5.91 Å². The van der Waals surface area contributed by atoms with E-state index in [0.29, 0.717) is 13.0 Å². The SMILES string of the molecule is N#CC(Cc1ccccc1)C(=O)NCc1cc[nH]c1. The summed E-state index contributed by atoms with van der Waals surface area (Å²) < 4.78 is 0. The van der Waals surface area contributed by atoms with Crippen LogP contribution in [0.1, 0.15) is 11.1 Å². The second-order valence-electron chi connectivity index (χ2n) is 4.31. The molecular formula is C15H15N3O. The van der Waals surface area contributed by atoms with Crippen molar-refractivity contribution < 1.29 is 4.79 Å². The third-order valence-electron chi connectivity index (χ3n) is 2.88. The average Bonchev–Trinajstić information content (AvgIpc) is 2.96. The van der Waals surface area contributed by atoms with Crippen molar-refractivity contribution in [3.63, 3.8) is 0 Å². The molecule has 0 aliphatic carbocycles. The third-order valence-corrected chi connectivity index (χ3v) is 2.88. The Balaban J connectivity index is 1.90. The van der Waals surface area contributed by atoms with Gasteiger partial charge in [-0.15, -0.1) is 0 Å². The summed E-state index contributed by atoms with van der Waals surface area (Å²) in [7, 11) is 0. The number of rotatable bonds is 5. The zero-order chi connectivity index (χ0) is 13.5. The van der Waals surface area contributed by atoms with Gasteiger partial charge >= 0.3 is 0 Å². The maximum Gasteiger partial charge on any atom is 0.237 e. The van der Waals surface area contributed by atoms with Gasteiger partial charge in [-0.2, -0.15) is 5.26 Å². The predicted octanol–water partition coefficient (Wildman–Crippen LogP) is 2.01. The molecule has 1 aromatic carbocycles. The molecular weight excluding hydrogens is 238 g/mol. The van der Waals surface area contributed by atoms with Gasteiger partial charge in [0.15, 0.2) is 0 Å². The number of nitriles is 1. The molecule has 1 atom stereocenters. The van der Waals surface area contributed by atoms with Gasteiger partial charge in [0.2, 0.25) is 5.91 Å². The fourth-order valence-corrected chi connectivity index (χ4v) is 1.83. The van der Waals surface area contributed by atoms with E-state index in [1.54, 1.807) is 6.20 Å². The number of H-pyrrole nitrogens is 1. The molecule has 4 heteroatoms. The largest absolute Gasteiger partial charge is 0.367 e. The van der Waals surface area contributed by atoms with E-state index in [4.69, 9.17) is 5.26 Å². The van der Waals surface area contributed by atoms with Crippen LogP contribution < -0.4 is 5.32 Å². The summed E-state index contributed by atoms with van der Waals surface area (Å²) in [6.45, 7) is 0.440. The highest BCUT2D eigenvalue weighted by molar-refractivity contribution is 5.81. The van der Waals surface area contributed by atoms with Crippen molar-refractivity contribution in [2.24, 2.45) is 5.92 Å². The quantitative estimate of drug-likeness (QED) is 0.855. The Bertz CT molecular complexity index is 555. The molecule has 4 nitrogen and oxygen atoms in total. The van der Waals surface area contributed by atoms with Crippen LogP contribution in [0.4, 0.5) is 0 Å². The lowest BCUT2D eigenvalue weighted by Crippen LogP contribution is -2.30. The molecule has 0 spiro atoms. The van der Waals surface area contributed by atoms with E-state index in [-0.39, 0.29) is 5.91 Å². The number of hydrogen-bond donors (Lipinski definition) is 2. The number of carbonyl (C=O) groups excluding carboxylic acids is 1. The Morgan fingerprint density at radius 2 is 2.05 bits per heavy atom. The normalized spacial score (nSPS) is 11.5. The van der Waals surface area contributed by atoms with Gasteiger partial charge in [0.1, 0.15) is 5.92 Å². The van der Waals surface area contributed by atoms with Gasteiger partial charge in [-0.1, -0.05) is 30.3 Å². The lowest BCUT2D eigenvalue weighted by molar-refractivity contribution is -0.123. The van der Waals surface area contributed by atoms with Crippen LogP contribution in [0.15, 0.2) is 48.8 Å². The molecule has 2 rings (SSSR count). The Morgan fingerprint density at radius 1 is 1.26 bits per heavy atom. The Hall–Kier alpha value is -2.54. The minimum atomic E-state index is -0.652. The van der Waals surface area contributed by atoms with Crippen LogP contribution >= 0.6 is 0 Å². The number of nitrogens with zero attached hydrogens (tertiary/aromatic N) is 1. The second kappa shape index (κ2) is 6.41. The number of carbonyl (C=O) groups is 1.